The third kappa shape index (κ3) is 2.83. The molecule has 2 unspecified atom stereocenters. The van der Waals surface area contributed by atoms with Crippen LogP contribution in [-0.4, -0.2) is 56.7 Å². The van der Waals surface area contributed by atoms with Crippen LogP contribution < -0.4 is 5.32 Å². The van der Waals surface area contributed by atoms with E-state index in [4.69, 9.17) is 5.11 Å². The molecule has 18 heavy (non-hydrogen) atoms. The molecule has 0 aliphatic carbocycles. The van der Waals surface area contributed by atoms with Gasteiger partial charge in [0.25, 0.3) is 0 Å². The second kappa shape index (κ2) is 5.13. The average Bonchev–Trinajstić information content (AvgIpc) is 2.46. The Morgan fingerprint density at radius 2 is 2.00 bits per heavy atom. The third-order valence-corrected chi connectivity index (χ3v) is 3.71. The van der Waals surface area contributed by atoms with Crippen molar-refractivity contribution in [3.05, 3.63) is 0 Å². The van der Waals surface area contributed by atoms with Crippen molar-refractivity contribution in [2.45, 2.75) is 51.3 Å². The molecule has 0 aromatic rings. The Morgan fingerprint density at radius 3 is 2.39 bits per heavy atom. The smallest absolute Gasteiger partial charge is 0.225 e. The molecule has 106 valence electrons. The molecule has 0 aromatic carbocycles. The molecule has 0 spiro atoms. The number of hydroxylamine groups is 2. The quantitative estimate of drug-likeness (QED) is 0.558. The molecule has 4 N–H and O–H groups in total. The molecule has 1 rings (SSSR count). The molecule has 6 heteroatoms. The maximum atomic E-state index is 12.1. The summed E-state index contributed by atoms with van der Waals surface area (Å²) in [6.45, 7) is 7.03. The van der Waals surface area contributed by atoms with Crippen LogP contribution in [0.5, 0.6) is 0 Å². The zero-order valence-corrected chi connectivity index (χ0v) is 11.5. The highest BCUT2D eigenvalue weighted by molar-refractivity contribution is 5.80. The summed E-state index contributed by atoms with van der Waals surface area (Å²) in [5.74, 6) is -0.569. The Labute approximate surface area is 108 Å². The maximum absolute atomic E-state index is 12.1. The molecule has 1 fully saturated rings. The van der Waals surface area contributed by atoms with Crippen molar-refractivity contribution in [2.75, 3.05) is 13.2 Å². The van der Waals surface area contributed by atoms with Crippen LogP contribution >= 0.6 is 0 Å². The fraction of sp³-hybridized carbons (Fsp3) is 0.917. The van der Waals surface area contributed by atoms with Gasteiger partial charge in [-0.3, -0.25) is 4.79 Å². The minimum atomic E-state index is -0.947. The monoisotopic (exact) mass is 260 g/mol. The van der Waals surface area contributed by atoms with Crippen molar-refractivity contribution in [1.29, 1.82) is 0 Å². The number of rotatable bonds is 4. The standard InChI is InChI=1S/C12H24N2O4/c1-11(2)5-9(12(3,4)14(11)18)10(17)13-6-8(16)7-15/h8-9,15-16,18H,5-7H2,1-4H3,(H,13,17). The number of amides is 1. The number of hydrogen-bond donors (Lipinski definition) is 4. The van der Waals surface area contributed by atoms with Crippen molar-refractivity contribution in [3.63, 3.8) is 0 Å². The van der Waals surface area contributed by atoms with Crippen LogP contribution in [0.1, 0.15) is 34.1 Å². The molecular weight excluding hydrogens is 236 g/mol. The number of nitrogens with one attached hydrogen (secondary N) is 1. The van der Waals surface area contributed by atoms with Crippen molar-refractivity contribution in [1.82, 2.24) is 10.4 Å². The van der Waals surface area contributed by atoms with Gasteiger partial charge in [-0.25, -0.2) is 0 Å². The highest BCUT2D eigenvalue weighted by Gasteiger charge is 2.54. The van der Waals surface area contributed by atoms with Crippen LogP contribution in [0.15, 0.2) is 0 Å². The number of hydrogen-bond acceptors (Lipinski definition) is 5. The summed E-state index contributed by atoms with van der Waals surface area (Å²) >= 11 is 0. The lowest BCUT2D eigenvalue weighted by molar-refractivity contribution is -0.197. The maximum Gasteiger partial charge on any atom is 0.225 e. The Morgan fingerprint density at radius 1 is 1.44 bits per heavy atom. The Balaban J connectivity index is 2.69. The summed E-state index contributed by atoms with van der Waals surface area (Å²) in [5, 5.41) is 31.8. The van der Waals surface area contributed by atoms with Crippen molar-refractivity contribution in [2.24, 2.45) is 5.92 Å². The Bertz CT molecular complexity index is 317. The largest absolute Gasteiger partial charge is 0.394 e. The normalized spacial score (nSPS) is 28.1. The van der Waals surface area contributed by atoms with Gasteiger partial charge in [0.15, 0.2) is 0 Å². The first-order valence-corrected chi connectivity index (χ1v) is 6.18. The summed E-state index contributed by atoms with van der Waals surface area (Å²) in [5.41, 5.74) is -1.11. The van der Waals surface area contributed by atoms with E-state index < -0.39 is 17.2 Å². The first-order valence-electron chi connectivity index (χ1n) is 6.18. The lowest BCUT2D eigenvalue weighted by atomic mass is 9.86. The Kier molecular flexibility index (Phi) is 4.38. The zero-order valence-electron chi connectivity index (χ0n) is 11.5. The van der Waals surface area contributed by atoms with Crippen LogP contribution in [0.25, 0.3) is 0 Å². The second-order valence-electron chi connectivity index (χ2n) is 6.12. The Hall–Kier alpha value is -0.690. The molecule has 1 heterocycles. The van der Waals surface area contributed by atoms with Crippen LogP contribution in [0.2, 0.25) is 0 Å². The average molecular weight is 260 g/mol. The molecule has 1 aliphatic rings. The van der Waals surface area contributed by atoms with Gasteiger partial charge < -0.3 is 20.7 Å². The van der Waals surface area contributed by atoms with E-state index in [1.807, 2.05) is 27.7 Å². The zero-order chi connectivity index (χ0) is 14.1. The molecule has 1 aliphatic heterocycles. The van der Waals surface area contributed by atoms with Gasteiger partial charge in [0.2, 0.25) is 5.91 Å². The van der Waals surface area contributed by atoms with E-state index in [-0.39, 0.29) is 25.0 Å². The van der Waals surface area contributed by atoms with Gasteiger partial charge in [0.05, 0.1) is 24.2 Å². The number of aliphatic hydroxyl groups excluding tert-OH is 2. The van der Waals surface area contributed by atoms with Crippen LogP contribution in [-0.2, 0) is 4.79 Å². The lowest BCUT2D eigenvalue weighted by Gasteiger charge is -2.35. The molecule has 1 amide bonds. The molecule has 0 aromatic heterocycles. The van der Waals surface area contributed by atoms with Crippen LogP contribution in [0, 0.1) is 5.92 Å². The van der Waals surface area contributed by atoms with Gasteiger partial charge in [-0.2, -0.15) is 5.06 Å². The first kappa shape index (κ1) is 15.4. The number of nitrogens with zero attached hydrogens (tertiary/aromatic N) is 1. The van der Waals surface area contributed by atoms with E-state index in [9.17, 15) is 15.1 Å². The van der Waals surface area contributed by atoms with E-state index in [2.05, 4.69) is 5.32 Å². The summed E-state index contributed by atoms with van der Waals surface area (Å²) < 4.78 is 0. The SMILES string of the molecule is CC1(C)CC(C(=O)NCC(O)CO)C(C)(C)N1O. The topological polar surface area (TPSA) is 93.0 Å². The minimum Gasteiger partial charge on any atom is -0.394 e. The fourth-order valence-corrected chi connectivity index (χ4v) is 2.58. The predicted molar refractivity (Wildman–Crippen MR) is 66.0 cm³/mol. The molecule has 2 atom stereocenters. The van der Waals surface area contributed by atoms with Crippen LogP contribution in [0.4, 0.5) is 0 Å². The number of carbonyl (C=O) groups excluding carboxylic acids is 1. The third-order valence-electron chi connectivity index (χ3n) is 3.71. The molecule has 0 radical (unpaired) electrons. The van der Waals surface area contributed by atoms with Gasteiger partial charge in [0.1, 0.15) is 0 Å². The first-order chi connectivity index (χ1) is 8.13. The van der Waals surface area contributed by atoms with Crippen molar-refractivity contribution < 1.29 is 20.2 Å². The number of aliphatic hydroxyl groups is 2. The van der Waals surface area contributed by atoms with Gasteiger partial charge >= 0.3 is 0 Å². The van der Waals surface area contributed by atoms with E-state index in [1.54, 1.807) is 0 Å². The summed E-state index contributed by atoms with van der Waals surface area (Å²) in [6, 6.07) is 0. The fourth-order valence-electron chi connectivity index (χ4n) is 2.58. The molecule has 6 nitrogen and oxygen atoms in total. The van der Waals surface area contributed by atoms with Gasteiger partial charge in [-0.05, 0) is 34.1 Å². The van der Waals surface area contributed by atoms with E-state index in [0.29, 0.717) is 6.42 Å². The summed E-state index contributed by atoms with van der Waals surface area (Å²) in [4.78, 5) is 12.1. The van der Waals surface area contributed by atoms with Crippen LogP contribution in [0.3, 0.4) is 0 Å². The molecule has 0 bridgehead atoms. The van der Waals surface area contributed by atoms with Crippen molar-refractivity contribution >= 4 is 5.91 Å². The number of carbonyl (C=O) groups is 1. The molecular formula is C12H24N2O4. The summed E-state index contributed by atoms with van der Waals surface area (Å²) in [6.07, 6.45) is -0.408. The highest BCUT2D eigenvalue weighted by Crippen LogP contribution is 2.43. The molecule has 1 saturated heterocycles. The van der Waals surface area contributed by atoms with Gasteiger partial charge in [-0.1, -0.05) is 0 Å². The second-order valence-corrected chi connectivity index (χ2v) is 6.12. The highest BCUT2D eigenvalue weighted by atomic mass is 16.5. The predicted octanol–water partition coefficient (Wildman–Crippen LogP) is -0.276. The summed E-state index contributed by atoms with van der Waals surface area (Å²) in [7, 11) is 0. The minimum absolute atomic E-state index is 0.0216. The van der Waals surface area contributed by atoms with E-state index in [0.717, 1.165) is 0 Å². The van der Waals surface area contributed by atoms with E-state index in [1.165, 1.54) is 5.06 Å². The molecule has 0 saturated carbocycles. The van der Waals surface area contributed by atoms with Gasteiger partial charge in [-0.15, -0.1) is 0 Å². The van der Waals surface area contributed by atoms with Gasteiger partial charge in [0, 0.05) is 12.1 Å². The van der Waals surface area contributed by atoms with E-state index >= 15 is 0 Å². The van der Waals surface area contributed by atoms with Crippen molar-refractivity contribution in [3.8, 4) is 0 Å². The lowest BCUT2D eigenvalue weighted by Crippen LogP contribution is -2.50.